The van der Waals surface area contributed by atoms with Gasteiger partial charge in [-0.1, -0.05) is 0 Å². The Hall–Kier alpha value is -1.43. The van der Waals surface area contributed by atoms with Crippen LogP contribution in [0.25, 0.3) is 0 Å². The highest BCUT2D eigenvalue weighted by atomic mass is 79.9. The van der Waals surface area contributed by atoms with E-state index in [1.165, 1.54) is 0 Å². The summed E-state index contributed by atoms with van der Waals surface area (Å²) in [5.74, 6) is 0.429. The molecule has 0 fully saturated rings. The third-order valence-electron chi connectivity index (χ3n) is 2.33. The summed E-state index contributed by atoms with van der Waals surface area (Å²) in [5.41, 5.74) is 8.37. The summed E-state index contributed by atoms with van der Waals surface area (Å²) in [4.78, 5) is 8.19. The van der Waals surface area contributed by atoms with Gasteiger partial charge in [0.2, 0.25) is 0 Å². The van der Waals surface area contributed by atoms with Gasteiger partial charge in [-0.15, -0.1) is 0 Å². The van der Waals surface area contributed by atoms with Crippen molar-refractivity contribution in [1.82, 2.24) is 19.7 Å². The predicted molar refractivity (Wildman–Crippen MR) is 64.9 cm³/mol. The Labute approximate surface area is 102 Å². The number of halogens is 1. The van der Waals surface area contributed by atoms with Gasteiger partial charge < -0.3 is 5.73 Å². The van der Waals surface area contributed by atoms with E-state index in [1.807, 2.05) is 18.5 Å². The van der Waals surface area contributed by atoms with Crippen molar-refractivity contribution in [2.45, 2.75) is 20.4 Å². The van der Waals surface area contributed by atoms with Gasteiger partial charge in [0, 0.05) is 0 Å². The normalized spacial score (nSPS) is 10.7. The van der Waals surface area contributed by atoms with E-state index in [-0.39, 0.29) is 0 Å². The first-order chi connectivity index (χ1) is 7.58. The van der Waals surface area contributed by atoms with Crippen LogP contribution >= 0.6 is 15.9 Å². The number of nitrogens with zero attached hydrogens (tertiary/aromatic N) is 4. The quantitative estimate of drug-likeness (QED) is 0.909. The number of hydrogen-bond acceptors (Lipinski definition) is 4. The Morgan fingerprint density at radius 1 is 1.31 bits per heavy atom. The molecule has 6 heteroatoms. The van der Waals surface area contributed by atoms with Crippen LogP contribution in [0.5, 0.6) is 0 Å². The van der Waals surface area contributed by atoms with E-state index in [9.17, 15) is 0 Å². The number of nitrogen functional groups attached to an aromatic ring is 1. The van der Waals surface area contributed by atoms with E-state index in [0.717, 1.165) is 21.6 Å². The molecule has 16 heavy (non-hydrogen) atoms. The highest BCUT2D eigenvalue weighted by Gasteiger charge is 2.09. The maximum absolute atomic E-state index is 5.47. The van der Waals surface area contributed by atoms with Crippen LogP contribution in [0, 0.1) is 13.8 Å². The predicted octanol–water partition coefficient (Wildman–Crippen LogP) is 1.68. The minimum Gasteiger partial charge on any atom is -0.382 e. The SMILES string of the molecule is Cc1nn(Cc2cnc(N)cn2)c(C)c1Br. The number of aromatic nitrogens is 4. The first-order valence-electron chi connectivity index (χ1n) is 4.84. The van der Waals surface area contributed by atoms with Gasteiger partial charge >= 0.3 is 0 Å². The van der Waals surface area contributed by atoms with Gasteiger partial charge in [-0.2, -0.15) is 5.10 Å². The molecule has 0 atom stereocenters. The Morgan fingerprint density at radius 3 is 2.56 bits per heavy atom. The Balaban J connectivity index is 2.27. The molecule has 0 aliphatic rings. The molecule has 2 aromatic rings. The molecule has 5 nitrogen and oxygen atoms in total. The molecular formula is C10H12BrN5. The molecule has 2 rings (SSSR count). The van der Waals surface area contributed by atoms with Crippen LogP contribution in [0.2, 0.25) is 0 Å². The molecule has 0 aromatic carbocycles. The molecular weight excluding hydrogens is 270 g/mol. The van der Waals surface area contributed by atoms with Crippen LogP contribution in [0.4, 0.5) is 5.82 Å². The van der Waals surface area contributed by atoms with Gasteiger partial charge in [0.1, 0.15) is 5.82 Å². The molecule has 0 aliphatic carbocycles. The minimum atomic E-state index is 0.429. The van der Waals surface area contributed by atoms with E-state index in [2.05, 4.69) is 31.0 Å². The molecule has 2 heterocycles. The second-order valence-electron chi connectivity index (χ2n) is 3.58. The van der Waals surface area contributed by atoms with Gasteiger partial charge in [0.05, 0.1) is 40.5 Å². The molecule has 0 spiro atoms. The highest BCUT2D eigenvalue weighted by molar-refractivity contribution is 9.10. The summed E-state index contributed by atoms with van der Waals surface area (Å²) in [6.07, 6.45) is 3.22. The van der Waals surface area contributed by atoms with E-state index in [4.69, 9.17) is 5.73 Å². The number of nitrogens with two attached hydrogens (primary N) is 1. The van der Waals surface area contributed by atoms with Crippen molar-refractivity contribution in [3.63, 3.8) is 0 Å². The molecule has 84 valence electrons. The number of aryl methyl sites for hydroxylation is 1. The fraction of sp³-hybridized carbons (Fsp3) is 0.300. The van der Waals surface area contributed by atoms with Crippen molar-refractivity contribution in [3.8, 4) is 0 Å². The summed E-state index contributed by atoms with van der Waals surface area (Å²) in [6, 6.07) is 0. The lowest BCUT2D eigenvalue weighted by molar-refractivity contribution is 0.644. The minimum absolute atomic E-state index is 0.429. The third-order valence-corrected chi connectivity index (χ3v) is 3.48. The smallest absolute Gasteiger partial charge is 0.141 e. The lowest BCUT2D eigenvalue weighted by atomic mass is 10.4. The number of rotatable bonds is 2. The van der Waals surface area contributed by atoms with Crippen LogP contribution in [0.3, 0.4) is 0 Å². The fourth-order valence-corrected chi connectivity index (χ4v) is 1.71. The average molecular weight is 282 g/mol. The van der Waals surface area contributed by atoms with Crippen molar-refractivity contribution in [1.29, 1.82) is 0 Å². The maximum atomic E-state index is 5.47. The zero-order valence-electron chi connectivity index (χ0n) is 9.11. The largest absolute Gasteiger partial charge is 0.382 e. The first-order valence-corrected chi connectivity index (χ1v) is 5.63. The summed E-state index contributed by atoms with van der Waals surface area (Å²) >= 11 is 3.49. The van der Waals surface area contributed by atoms with Crippen LogP contribution in [-0.4, -0.2) is 19.7 Å². The van der Waals surface area contributed by atoms with Crippen molar-refractivity contribution >= 4 is 21.7 Å². The van der Waals surface area contributed by atoms with Crippen molar-refractivity contribution in [3.05, 3.63) is 33.9 Å². The van der Waals surface area contributed by atoms with Gasteiger partial charge in [0.25, 0.3) is 0 Å². The van der Waals surface area contributed by atoms with Crippen molar-refractivity contribution in [2.75, 3.05) is 5.73 Å². The Morgan fingerprint density at radius 2 is 2.06 bits per heavy atom. The molecule has 2 aromatic heterocycles. The van der Waals surface area contributed by atoms with Crippen LogP contribution in [0.15, 0.2) is 16.9 Å². The van der Waals surface area contributed by atoms with E-state index in [1.54, 1.807) is 12.4 Å². The van der Waals surface area contributed by atoms with Crippen LogP contribution in [0.1, 0.15) is 17.1 Å². The molecule has 0 bridgehead atoms. The molecule has 0 saturated heterocycles. The second kappa shape index (κ2) is 4.21. The second-order valence-corrected chi connectivity index (χ2v) is 4.37. The Kier molecular flexibility index (Phi) is 2.91. The van der Waals surface area contributed by atoms with Crippen LogP contribution < -0.4 is 5.73 Å². The highest BCUT2D eigenvalue weighted by Crippen LogP contribution is 2.20. The summed E-state index contributed by atoms with van der Waals surface area (Å²) in [5, 5.41) is 4.40. The lowest BCUT2D eigenvalue weighted by Crippen LogP contribution is -2.06. The summed E-state index contributed by atoms with van der Waals surface area (Å²) < 4.78 is 2.93. The van der Waals surface area contributed by atoms with E-state index < -0.39 is 0 Å². The molecule has 0 radical (unpaired) electrons. The summed E-state index contributed by atoms with van der Waals surface area (Å²) in [6.45, 7) is 4.57. The zero-order chi connectivity index (χ0) is 11.7. The number of anilines is 1. The van der Waals surface area contributed by atoms with Gasteiger partial charge in [-0.25, -0.2) is 4.98 Å². The maximum Gasteiger partial charge on any atom is 0.141 e. The monoisotopic (exact) mass is 281 g/mol. The topological polar surface area (TPSA) is 69.6 Å². The van der Waals surface area contributed by atoms with Gasteiger partial charge in [-0.05, 0) is 29.8 Å². The third kappa shape index (κ3) is 2.06. The Bertz CT molecular complexity index is 503. The molecule has 0 aliphatic heterocycles. The van der Waals surface area contributed by atoms with Gasteiger partial charge in [-0.3, -0.25) is 9.67 Å². The number of hydrogen-bond donors (Lipinski definition) is 1. The average Bonchev–Trinajstić information content (AvgIpc) is 2.50. The molecule has 2 N–H and O–H groups in total. The van der Waals surface area contributed by atoms with E-state index >= 15 is 0 Å². The van der Waals surface area contributed by atoms with Crippen molar-refractivity contribution < 1.29 is 0 Å². The van der Waals surface area contributed by atoms with Crippen molar-refractivity contribution in [2.24, 2.45) is 0 Å². The van der Waals surface area contributed by atoms with E-state index in [0.29, 0.717) is 12.4 Å². The molecule has 0 saturated carbocycles. The zero-order valence-corrected chi connectivity index (χ0v) is 10.7. The molecule has 0 unspecified atom stereocenters. The molecule has 0 amide bonds. The lowest BCUT2D eigenvalue weighted by Gasteiger charge is -2.03. The fourth-order valence-electron chi connectivity index (χ4n) is 1.43. The standard InChI is InChI=1S/C10H12BrN5/c1-6-10(11)7(2)16(15-6)5-8-3-14-9(12)4-13-8/h3-4H,5H2,1-2H3,(H2,12,14). The van der Waals surface area contributed by atoms with Gasteiger partial charge in [0.15, 0.2) is 0 Å². The van der Waals surface area contributed by atoms with Crippen LogP contribution in [-0.2, 0) is 6.54 Å². The summed E-state index contributed by atoms with van der Waals surface area (Å²) in [7, 11) is 0. The first kappa shape index (κ1) is 11.1.